The van der Waals surface area contributed by atoms with Crippen LogP contribution < -0.4 is 9.80 Å². The van der Waals surface area contributed by atoms with E-state index in [1.165, 1.54) is 0 Å². The molecule has 0 spiro atoms. The molecule has 4 heteroatoms. The fraction of sp³-hybridized carbons (Fsp3) is 0.417. The Morgan fingerprint density at radius 3 is 2.75 bits per heavy atom. The molecular weight excluding hydrogens is 202 g/mol. The highest BCUT2D eigenvalue weighted by atomic mass is 16.3. The topological polar surface area (TPSA) is 50.5 Å². The smallest absolute Gasteiger partial charge is 0.140 e. The Morgan fingerprint density at radius 2 is 2.19 bits per heavy atom. The number of likely N-dealkylation sites (N-methyl/N-ethyl adjacent to an activating group) is 1. The van der Waals surface area contributed by atoms with Gasteiger partial charge < -0.3 is 14.9 Å². The molecule has 0 atom stereocenters. The molecule has 0 bridgehead atoms. The number of nitrogens with zero attached hydrogens (tertiary/aromatic N) is 3. The normalized spacial score (nSPS) is 13.5. The first kappa shape index (κ1) is 10.6. The Kier molecular flexibility index (Phi) is 2.39. The van der Waals surface area contributed by atoms with Gasteiger partial charge in [-0.15, -0.1) is 0 Å². The monoisotopic (exact) mass is 217 g/mol. The van der Waals surface area contributed by atoms with Gasteiger partial charge in [0.15, 0.2) is 0 Å². The van der Waals surface area contributed by atoms with E-state index in [0.717, 1.165) is 29.9 Å². The number of nitriles is 1. The summed E-state index contributed by atoms with van der Waals surface area (Å²) >= 11 is 0. The molecule has 0 aliphatic carbocycles. The Balaban J connectivity index is 2.70. The van der Waals surface area contributed by atoms with Gasteiger partial charge in [0, 0.05) is 38.9 Å². The Labute approximate surface area is 95.3 Å². The lowest BCUT2D eigenvalue weighted by atomic mass is 10.0. The summed E-state index contributed by atoms with van der Waals surface area (Å²) in [5.74, 6) is 0.146. The maximum Gasteiger partial charge on any atom is 0.140 e. The third-order valence-corrected chi connectivity index (χ3v) is 3.06. The highest BCUT2D eigenvalue weighted by Crippen LogP contribution is 2.41. The number of rotatable bonds is 1. The molecule has 0 saturated heterocycles. The molecule has 0 amide bonds. The van der Waals surface area contributed by atoms with Crippen LogP contribution in [0.1, 0.15) is 11.1 Å². The number of fused-ring (bicyclic) bond motifs is 1. The standard InChI is InChI=1S/C12H15N3O/c1-14(2)10-6-11-8(4-5-15(11)3)12(16)9(10)7-13/h6,16H,4-5H2,1-3H3. The molecule has 0 saturated carbocycles. The zero-order valence-corrected chi connectivity index (χ0v) is 9.78. The van der Waals surface area contributed by atoms with Crippen LogP contribution in [0.15, 0.2) is 6.07 Å². The largest absolute Gasteiger partial charge is 0.506 e. The minimum absolute atomic E-state index is 0.146. The van der Waals surface area contributed by atoms with Crippen molar-refractivity contribution in [3.63, 3.8) is 0 Å². The summed E-state index contributed by atoms with van der Waals surface area (Å²) in [7, 11) is 5.74. The molecule has 1 aliphatic heterocycles. The van der Waals surface area contributed by atoms with Crippen LogP contribution in [-0.4, -0.2) is 32.8 Å². The zero-order valence-electron chi connectivity index (χ0n) is 9.78. The Morgan fingerprint density at radius 1 is 1.50 bits per heavy atom. The molecule has 1 N–H and O–H groups in total. The molecule has 1 aromatic rings. The summed E-state index contributed by atoms with van der Waals surface area (Å²) in [6.45, 7) is 0.893. The number of benzene rings is 1. The van der Waals surface area contributed by atoms with Gasteiger partial charge in [-0.2, -0.15) is 5.26 Å². The SMILES string of the molecule is CN(C)c1cc2c(c(O)c1C#N)CCN2C. The number of hydrogen-bond donors (Lipinski definition) is 1. The minimum atomic E-state index is 0.146. The van der Waals surface area contributed by atoms with Gasteiger partial charge in [-0.25, -0.2) is 0 Å². The lowest BCUT2D eigenvalue weighted by Gasteiger charge is -2.19. The van der Waals surface area contributed by atoms with Crippen molar-refractivity contribution < 1.29 is 5.11 Å². The molecule has 4 nitrogen and oxygen atoms in total. The summed E-state index contributed by atoms with van der Waals surface area (Å²) in [5, 5.41) is 19.2. The third-order valence-electron chi connectivity index (χ3n) is 3.06. The molecule has 1 heterocycles. The first-order valence-electron chi connectivity index (χ1n) is 5.23. The zero-order chi connectivity index (χ0) is 11.9. The van der Waals surface area contributed by atoms with Gasteiger partial charge in [0.2, 0.25) is 0 Å². The van der Waals surface area contributed by atoms with Gasteiger partial charge in [-0.3, -0.25) is 0 Å². The van der Waals surface area contributed by atoms with E-state index >= 15 is 0 Å². The van der Waals surface area contributed by atoms with Gasteiger partial charge in [-0.1, -0.05) is 0 Å². The van der Waals surface area contributed by atoms with Crippen LogP contribution >= 0.6 is 0 Å². The summed E-state index contributed by atoms with van der Waals surface area (Å²) in [5.41, 5.74) is 3.07. The van der Waals surface area contributed by atoms with Gasteiger partial charge in [0.05, 0.1) is 5.69 Å². The van der Waals surface area contributed by atoms with E-state index in [1.54, 1.807) is 0 Å². The molecule has 1 aromatic carbocycles. The van der Waals surface area contributed by atoms with Gasteiger partial charge in [-0.05, 0) is 12.5 Å². The molecule has 0 unspecified atom stereocenters. The lowest BCUT2D eigenvalue weighted by molar-refractivity contribution is 0.468. The number of anilines is 2. The van der Waals surface area contributed by atoms with Crippen LogP contribution in [0.5, 0.6) is 5.75 Å². The fourth-order valence-electron chi connectivity index (χ4n) is 2.13. The summed E-state index contributed by atoms with van der Waals surface area (Å²) in [6, 6.07) is 4.05. The van der Waals surface area contributed by atoms with E-state index in [-0.39, 0.29) is 5.75 Å². The van der Waals surface area contributed by atoms with E-state index in [9.17, 15) is 5.11 Å². The summed E-state index contributed by atoms with van der Waals surface area (Å²) < 4.78 is 0. The van der Waals surface area contributed by atoms with Crippen molar-refractivity contribution in [3.05, 3.63) is 17.2 Å². The molecular formula is C12H15N3O. The fourth-order valence-corrected chi connectivity index (χ4v) is 2.13. The number of phenols is 1. The molecule has 0 radical (unpaired) electrons. The number of phenolic OH excluding ortho intramolecular Hbond substituents is 1. The van der Waals surface area contributed by atoms with E-state index in [2.05, 4.69) is 11.0 Å². The van der Waals surface area contributed by atoms with Crippen LogP contribution in [0, 0.1) is 11.3 Å². The molecule has 1 aliphatic rings. The maximum absolute atomic E-state index is 10.1. The highest BCUT2D eigenvalue weighted by molar-refractivity contribution is 5.77. The van der Waals surface area contributed by atoms with Crippen LogP contribution in [0.3, 0.4) is 0 Å². The van der Waals surface area contributed by atoms with Crippen molar-refractivity contribution in [3.8, 4) is 11.8 Å². The molecule has 84 valence electrons. The predicted molar refractivity (Wildman–Crippen MR) is 64.1 cm³/mol. The van der Waals surface area contributed by atoms with E-state index in [0.29, 0.717) is 5.56 Å². The van der Waals surface area contributed by atoms with E-state index in [4.69, 9.17) is 5.26 Å². The highest BCUT2D eigenvalue weighted by Gasteiger charge is 2.24. The number of hydrogen-bond acceptors (Lipinski definition) is 4. The van der Waals surface area contributed by atoms with Crippen LogP contribution in [0.2, 0.25) is 0 Å². The Hall–Kier alpha value is -1.89. The van der Waals surface area contributed by atoms with Crippen molar-refractivity contribution >= 4 is 11.4 Å². The second kappa shape index (κ2) is 3.60. The van der Waals surface area contributed by atoms with Crippen molar-refractivity contribution in [1.29, 1.82) is 5.26 Å². The van der Waals surface area contributed by atoms with Gasteiger partial charge >= 0.3 is 0 Å². The average molecular weight is 217 g/mol. The van der Waals surface area contributed by atoms with E-state index < -0.39 is 0 Å². The second-order valence-electron chi connectivity index (χ2n) is 4.29. The van der Waals surface area contributed by atoms with Gasteiger partial charge in [0.1, 0.15) is 17.4 Å². The molecule has 0 aromatic heterocycles. The molecule has 2 rings (SSSR count). The second-order valence-corrected chi connectivity index (χ2v) is 4.29. The first-order chi connectivity index (χ1) is 7.56. The summed E-state index contributed by atoms with van der Waals surface area (Å²) in [6.07, 6.45) is 0.806. The van der Waals surface area contributed by atoms with Gasteiger partial charge in [0.25, 0.3) is 0 Å². The Bertz CT molecular complexity index is 474. The predicted octanol–water partition coefficient (Wildman–Crippen LogP) is 1.32. The van der Waals surface area contributed by atoms with Crippen molar-refractivity contribution in [2.45, 2.75) is 6.42 Å². The van der Waals surface area contributed by atoms with Crippen LogP contribution in [-0.2, 0) is 6.42 Å². The molecule has 0 fully saturated rings. The maximum atomic E-state index is 10.1. The first-order valence-corrected chi connectivity index (χ1v) is 5.23. The minimum Gasteiger partial charge on any atom is -0.506 e. The summed E-state index contributed by atoms with van der Waals surface area (Å²) in [4.78, 5) is 3.95. The third kappa shape index (κ3) is 1.36. The van der Waals surface area contributed by atoms with Crippen LogP contribution in [0.4, 0.5) is 11.4 Å². The molecule has 16 heavy (non-hydrogen) atoms. The quantitative estimate of drug-likeness (QED) is 0.771. The average Bonchev–Trinajstić information content (AvgIpc) is 2.60. The van der Waals surface area contributed by atoms with Crippen molar-refractivity contribution in [1.82, 2.24) is 0 Å². The van der Waals surface area contributed by atoms with Crippen LogP contribution in [0.25, 0.3) is 0 Å². The van der Waals surface area contributed by atoms with Crippen molar-refractivity contribution in [2.75, 3.05) is 37.5 Å². The lowest BCUT2D eigenvalue weighted by Crippen LogP contribution is -2.14. The van der Waals surface area contributed by atoms with E-state index in [1.807, 2.05) is 32.1 Å². The number of aromatic hydroxyl groups is 1. The van der Waals surface area contributed by atoms with Crippen molar-refractivity contribution in [2.24, 2.45) is 0 Å².